The molecule has 0 bridgehead atoms. The summed E-state index contributed by atoms with van der Waals surface area (Å²) in [5.41, 5.74) is 0.802. The summed E-state index contributed by atoms with van der Waals surface area (Å²) in [4.78, 5) is 25.9. The highest BCUT2D eigenvalue weighted by Gasteiger charge is 2.27. The van der Waals surface area contributed by atoms with Crippen LogP contribution in [0.2, 0.25) is 0 Å². The largest absolute Gasteiger partial charge is 0.467 e. The first-order valence-electron chi connectivity index (χ1n) is 10.9. The molecule has 4 rings (SSSR count). The van der Waals surface area contributed by atoms with Crippen molar-refractivity contribution >= 4 is 49.1 Å². The number of furan rings is 1. The molecular formula is C26H22BrN3O5S. The van der Waals surface area contributed by atoms with Crippen molar-refractivity contribution in [3.8, 4) is 0 Å². The van der Waals surface area contributed by atoms with Crippen molar-refractivity contribution < 1.29 is 22.4 Å². The van der Waals surface area contributed by atoms with Gasteiger partial charge < -0.3 is 15.1 Å². The van der Waals surface area contributed by atoms with Crippen molar-refractivity contribution in [2.24, 2.45) is 0 Å². The van der Waals surface area contributed by atoms with Gasteiger partial charge in [0.1, 0.15) is 12.3 Å². The summed E-state index contributed by atoms with van der Waals surface area (Å²) in [5, 5.41) is 5.42. The fraction of sp³-hybridized carbons (Fsp3) is 0.0769. The van der Waals surface area contributed by atoms with E-state index in [1.807, 2.05) is 0 Å². The number of nitrogens with zero attached hydrogens (tertiary/aromatic N) is 1. The van der Waals surface area contributed by atoms with Gasteiger partial charge in [-0.15, -0.1) is 0 Å². The Morgan fingerprint density at radius 3 is 2.36 bits per heavy atom. The molecule has 8 nitrogen and oxygen atoms in total. The van der Waals surface area contributed by atoms with E-state index in [1.165, 1.54) is 18.4 Å². The molecule has 0 unspecified atom stereocenters. The molecule has 0 fully saturated rings. The second-order valence-corrected chi connectivity index (χ2v) is 10.4. The lowest BCUT2D eigenvalue weighted by Crippen LogP contribution is -2.38. The van der Waals surface area contributed by atoms with Gasteiger partial charge in [0.2, 0.25) is 5.91 Å². The fourth-order valence-corrected chi connectivity index (χ4v) is 5.27. The van der Waals surface area contributed by atoms with Crippen LogP contribution >= 0.6 is 15.9 Å². The summed E-state index contributed by atoms with van der Waals surface area (Å²) in [6.07, 6.45) is 1.51. The topological polar surface area (TPSA) is 109 Å². The van der Waals surface area contributed by atoms with Crippen molar-refractivity contribution in [3.63, 3.8) is 0 Å². The molecule has 0 aliphatic rings. The number of para-hydroxylation sites is 1. The molecule has 3 aromatic carbocycles. The molecule has 2 N–H and O–H groups in total. The number of nitrogens with one attached hydrogen (secondary N) is 2. The predicted molar refractivity (Wildman–Crippen MR) is 140 cm³/mol. The highest BCUT2D eigenvalue weighted by molar-refractivity contribution is 9.10. The summed E-state index contributed by atoms with van der Waals surface area (Å²) in [7, 11) is -4.06. The number of hydrogen-bond donors (Lipinski definition) is 2. The number of halogens is 1. The Kier molecular flexibility index (Phi) is 7.87. The fourth-order valence-electron chi connectivity index (χ4n) is 3.45. The molecule has 184 valence electrons. The van der Waals surface area contributed by atoms with Gasteiger partial charge in [0, 0.05) is 4.47 Å². The molecule has 0 aliphatic heterocycles. The van der Waals surface area contributed by atoms with Gasteiger partial charge in [0.25, 0.3) is 15.9 Å². The van der Waals surface area contributed by atoms with Crippen molar-refractivity contribution in [3.05, 3.63) is 113 Å². The zero-order valence-electron chi connectivity index (χ0n) is 18.9. The first kappa shape index (κ1) is 25.2. The molecular weight excluding hydrogens is 546 g/mol. The van der Waals surface area contributed by atoms with Gasteiger partial charge in [-0.2, -0.15) is 0 Å². The third-order valence-corrected chi connectivity index (χ3v) is 7.44. The van der Waals surface area contributed by atoms with E-state index in [9.17, 15) is 18.0 Å². The number of benzene rings is 3. The van der Waals surface area contributed by atoms with Crippen LogP contribution in [-0.2, 0) is 21.4 Å². The van der Waals surface area contributed by atoms with E-state index in [4.69, 9.17) is 4.42 Å². The van der Waals surface area contributed by atoms with E-state index in [-0.39, 0.29) is 22.7 Å². The Morgan fingerprint density at radius 1 is 0.889 bits per heavy atom. The summed E-state index contributed by atoms with van der Waals surface area (Å²) in [6.45, 7) is -0.323. The standard InChI is InChI=1S/C26H22BrN3O5S/c27-19-8-6-9-20(16-19)30(36(33,34)22-11-2-1-3-12-22)18-25(31)29-24-14-5-4-13-23(24)26(32)28-17-21-10-7-15-35-21/h1-16H,17-18H2,(H,28,32)(H,29,31). The lowest BCUT2D eigenvalue weighted by atomic mass is 10.1. The normalized spacial score (nSPS) is 11.0. The third kappa shape index (κ3) is 6.02. The summed E-state index contributed by atoms with van der Waals surface area (Å²) in [5.74, 6) is -0.440. The van der Waals surface area contributed by atoms with Crippen LogP contribution in [0.3, 0.4) is 0 Å². The molecule has 0 aliphatic carbocycles. The number of rotatable bonds is 9. The number of carbonyl (C=O) groups excluding carboxylic acids is 2. The molecule has 1 aromatic heterocycles. The molecule has 0 radical (unpaired) electrons. The van der Waals surface area contributed by atoms with E-state index in [0.717, 1.165) is 4.31 Å². The highest BCUT2D eigenvalue weighted by atomic mass is 79.9. The van der Waals surface area contributed by atoms with Crippen LogP contribution < -0.4 is 14.9 Å². The van der Waals surface area contributed by atoms with Crippen molar-refractivity contribution in [2.45, 2.75) is 11.4 Å². The van der Waals surface area contributed by atoms with Gasteiger partial charge in [-0.1, -0.05) is 52.3 Å². The van der Waals surface area contributed by atoms with Crippen molar-refractivity contribution in [2.75, 3.05) is 16.2 Å². The average Bonchev–Trinajstić information content (AvgIpc) is 3.40. The Balaban J connectivity index is 1.57. The Hall–Kier alpha value is -3.89. The minimum atomic E-state index is -4.06. The lowest BCUT2D eigenvalue weighted by Gasteiger charge is -2.24. The van der Waals surface area contributed by atoms with Gasteiger partial charge in [-0.3, -0.25) is 13.9 Å². The monoisotopic (exact) mass is 567 g/mol. The van der Waals surface area contributed by atoms with E-state index in [0.29, 0.717) is 15.9 Å². The van der Waals surface area contributed by atoms with Crippen molar-refractivity contribution in [1.82, 2.24) is 5.32 Å². The number of anilines is 2. The molecule has 10 heteroatoms. The predicted octanol–water partition coefficient (Wildman–Crippen LogP) is 4.81. The lowest BCUT2D eigenvalue weighted by molar-refractivity contribution is -0.114. The Morgan fingerprint density at radius 2 is 1.64 bits per heavy atom. The zero-order chi connectivity index (χ0) is 25.5. The summed E-state index contributed by atoms with van der Waals surface area (Å²) < 4.78 is 33.8. The molecule has 1 heterocycles. The van der Waals surface area contributed by atoms with Crippen LogP contribution in [0.25, 0.3) is 0 Å². The molecule has 2 amide bonds. The summed E-state index contributed by atoms with van der Waals surface area (Å²) in [6, 6.07) is 24.5. The SMILES string of the molecule is O=C(CN(c1cccc(Br)c1)S(=O)(=O)c1ccccc1)Nc1ccccc1C(=O)NCc1ccco1. The van der Waals surface area contributed by atoms with Crippen LogP contribution in [-0.4, -0.2) is 26.8 Å². The maximum atomic E-state index is 13.5. The maximum Gasteiger partial charge on any atom is 0.264 e. The minimum Gasteiger partial charge on any atom is -0.467 e. The van der Waals surface area contributed by atoms with Crippen LogP contribution in [0.4, 0.5) is 11.4 Å². The zero-order valence-corrected chi connectivity index (χ0v) is 21.3. The van der Waals surface area contributed by atoms with Gasteiger partial charge in [0.05, 0.1) is 34.6 Å². The van der Waals surface area contributed by atoms with E-state index < -0.39 is 28.4 Å². The van der Waals surface area contributed by atoms with E-state index in [2.05, 4.69) is 26.6 Å². The van der Waals surface area contributed by atoms with Crippen LogP contribution in [0.1, 0.15) is 16.1 Å². The second kappa shape index (κ2) is 11.2. The second-order valence-electron chi connectivity index (χ2n) is 7.66. The molecule has 4 aromatic rings. The highest BCUT2D eigenvalue weighted by Crippen LogP contribution is 2.26. The van der Waals surface area contributed by atoms with Crippen LogP contribution in [0.15, 0.2) is 111 Å². The van der Waals surface area contributed by atoms with Gasteiger partial charge >= 0.3 is 0 Å². The third-order valence-electron chi connectivity index (χ3n) is 5.16. The number of amides is 2. The summed E-state index contributed by atoms with van der Waals surface area (Å²) >= 11 is 3.35. The van der Waals surface area contributed by atoms with Crippen LogP contribution in [0.5, 0.6) is 0 Å². The smallest absolute Gasteiger partial charge is 0.264 e. The maximum absolute atomic E-state index is 13.5. The molecule has 36 heavy (non-hydrogen) atoms. The number of hydrogen-bond acceptors (Lipinski definition) is 5. The Labute approximate surface area is 217 Å². The van der Waals surface area contributed by atoms with Gasteiger partial charge in [-0.05, 0) is 54.6 Å². The minimum absolute atomic E-state index is 0.0514. The Bertz CT molecular complexity index is 1460. The molecule has 0 spiro atoms. The number of carbonyl (C=O) groups is 2. The molecule has 0 saturated heterocycles. The van der Waals surface area contributed by atoms with Crippen molar-refractivity contribution in [1.29, 1.82) is 0 Å². The molecule has 0 saturated carbocycles. The quantitative estimate of drug-likeness (QED) is 0.302. The van der Waals surface area contributed by atoms with Gasteiger partial charge in [-0.25, -0.2) is 8.42 Å². The van der Waals surface area contributed by atoms with Gasteiger partial charge in [0.15, 0.2) is 0 Å². The van der Waals surface area contributed by atoms with E-state index in [1.54, 1.807) is 78.9 Å². The first-order valence-corrected chi connectivity index (χ1v) is 13.1. The average molecular weight is 568 g/mol. The van der Waals surface area contributed by atoms with Crippen LogP contribution in [0, 0.1) is 0 Å². The van der Waals surface area contributed by atoms with E-state index >= 15 is 0 Å². The number of sulfonamides is 1. The first-order chi connectivity index (χ1) is 17.3. The molecule has 0 atom stereocenters.